The predicted octanol–water partition coefficient (Wildman–Crippen LogP) is 2.66. The highest BCUT2D eigenvalue weighted by atomic mass is 16.3. The van der Waals surface area contributed by atoms with E-state index in [9.17, 15) is 0 Å². The van der Waals surface area contributed by atoms with Crippen molar-refractivity contribution in [2.45, 2.75) is 20.8 Å². The zero-order valence-corrected chi connectivity index (χ0v) is 14.1. The van der Waals surface area contributed by atoms with Crippen molar-refractivity contribution in [2.75, 3.05) is 18.5 Å². The number of aromatic nitrogens is 4. The second-order valence-corrected chi connectivity index (χ2v) is 5.81. The second kappa shape index (κ2) is 6.80. The Bertz CT molecular complexity index is 839. The first-order valence-corrected chi connectivity index (χ1v) is 7.91. The minimum absolute atomic E-state index is 0.0590. The SMILES string of the molecule is Cc1ccc(-c2ccc(NCCO)nn2)c(-n2nc(C)cc2C)c1. The average Bonchev–Trinajstić information content (AvgIpc) is 2.92. The molecule has 124 valence electrons. The highest BCUT2D eigenvalue weighted by Gasteiger charge is 2.12. The topological polar surface area (TPSA) is 75.9 Å². The van der Waals surface area contributed by atoms with Crippen molar-refractivity contribution < 1.29 is 5.11 Å². The molecule has 0 atom stereocenters. The van der Waals surface area contributed by atoms with E-state index < -0.39 is 0 Å². The Morgan fingerprint density at radius 1 is 1.04 bits per heavy atom. The summed E-state index contributed by atoms with van der Waals surface area (Å²) >= 11 is 0. The summed E-state index contributed by atoms with van der Waals surface area (Å²) in [4.78, 5) is 0. The molecule has 0 radical (unpaired) electrons. The zero-order chi connectivity index (χ0) is 17.1. The van der Waals surface area contributed by atoms with Crippen LogP contribution in [0.5, 0.6) is 0 Å². The summed E-state index contributed by atoms with van der Waals surface area (Å²) in [7, 11) is 0. The molecule has 0 bridgehead atoms. The summed E-state index contributed by atoms with van der Waals surface area (Å²) in [6, 6.07) is 12.1. The molecule has 0 aliphatic rings. The molecule has 24 heavy (non-hydrogen) atoms. The van der Waals surface area contributed by atoms with E-state index >= 15 is 0 Å². The van der Waals surface area contributed by atoms with Crippen molar-refractivity contribution in [1.29, 1.82) is 0 Å². The third kappa shape index (κ3) is 3.28. The van der Waals surface area contributed by atoms with Crippen LogP contribution < -0.4 is 5.32 Å². The number of aliphatic hydroxyl groups is 1. The van der Waals surface area contributed by atoms with Gasteiger partial charge in [0.05, 0.1) is 23.7 Å². The highest BCUT2D eigenvalue weighted by molar-refractivity contribution is 5.71. The van der Waals surface area contributed by atoms with E-state index in [1.807, 2.05) is 36.7 Å². The lowest BCUT2D eigenvalue weighted by Crippen LogP contribution is -2.08. The van der Waals surface area contributed by atoms with Crippen LogP contribution in [-0.2, 0) is 0 Å². The fourth-order valence-corrected chi connectivity index (χ4v) is 2.66. The molecule has 0 saturated carbocycles. The molecule has 2 aromatic heterocycles. The lowest BCUT2D eigenvalue weighted by Gasteiger charge is -2.12. The predicted molar refractivity (Wildman–Crippen MR) is 94.4 cm³/mol. The standard InChI is InChI=1S/C18H21N5O/c1-12-4-5-15(16-6-7-18(21-20-16)19-8-9-24)17(10-12)23-14(3)11-13(2)22-23/h4-7,10-11,24H,8-9H2,1-3H3,(H,19,21). The van der Waals surface area contributed by atoms with Gasteiger partial charge in [-0.05, 0) is 50.6 Å². The van der Waals surface area contributed by atoms with Gasteiger partial charge in [0.25, 0.3) is 0 Å². The molecule has 6 heteroatoms. The number of anilines is 1. The Morgan fingerprint density at radius 3 is 2.50 bits per heavy atom. The molecule has 2 N–H and O–H groups in total. The second-order valence-electron chi connectivity index (χ2n) is 5.81. The number of nitrogens with zero attached hydrogens (tertiary/aromatic N) is 4. The molecule has 0 spiro atoms. The van der Waals surface area contributed by atoms with Gasteiger partial charge in [0.15, 0.2) is 0 Å². The largest absolute Gasteiger partial charge is 0.395 e. The number of rotatable bonds is 5. The van der Waals surface area contributed by atoms with E-state index in [1.54, 1.807) is 0 Å². The first-order valence-electron chi connectivity index (χ1n) is 7.91. The van der Waals surface area contributed by atoms with Crippen molar-refractivity contribution in [3.8, 4) is 16.9 Å². The number of nitrogens with one attached hydrogen (secondary N) is 1. The monoisotopic (exact) mass is 323 g/mol. The molecule has 0 saturated heterocycles. The number of hydrogen-bond acceptors (Lipinski definition) is 5. The molecule has 0 aliphatic carbocycles. The Kier molecular flexibility index (Phi) is 4.57. The van der Waals surface area contributed by atoms with Crippen molar-refractivity contribution in [2.24, 2.45) is 0 Å². The number of benzene rings is 1. The summed E-state index contributed by atoms with van der Waals surface area (Å²) in [5, 5.41) is 24.9. The van der Waals surface area contributed by atoms with Crippen molar-refractivity contribution in [3.05, 3.63) is 53.3 Å². The van der Waals surface area contributed by atoms with E-state index in [1.165, 1.54) is 0 Å². The third-order valence-corrected chi connectivity index (χ3v) is 3.75. The average molecular weight is 323 g/mol. The minimum Gasteiger partial charge on any atom is -0.395 e. The summed E-state index contributed by atoms with van der Waals surface area (Å²) in [6.07, 6.45) is 0. The number of hydrogen-bond donors (Lipinski definition) is 2. The lowest BCUT2D eigenvalue weighted by atomic mass is 10.1. The fourth-order valence-electron chi connectivity index (χ4n) is 2.66. The molecule has 3 aromatic rings. The van der Waals surface area contributed by atoms with E-state index in [2.05, 4.69) is 45.7 Å². The van der Waals surface area contributed by atoms with Gasteiger partial charge in [-0.25, -0.2) is 4.68 Å². The first-order chi connectivity index (χ1) is 11.6. The molecule has 3 rings (SSSR count). The summed E-state index contributed by atoms with van der Waals surface area (Å²) in [6.45, 7) is 6.60. The van der Waals surface area contributed by atoms with Crippen molar-refractivity contribution in [1.82, 2.24) is 20.0 Å². The maximum Gasteiger partial charge on any atom is 0.148 e. The molecule has 6 nitrogen and oxygen atoms in total. The summed E-state index contributed by atoms with van der Waals surface area (Å²) in [5.74, 6) is 0.646. The first kappa shape index (κ1) is 16.1. The van der Waals surface area contributed by atoms with Gasteiger partial charge >= 0.3 is 0 Å². The molecular weight excluding hydrogens is 302 g/mol. The van der Waals surface area contributed by atoms with Crippen LogP contribution in [0.2, 0.25) is 0 Å². The molecule has 0 unspecified atom stereocenters. The molecule has 0 aliphatic heterocycles. The third-order valence-electron chi connectivity index (χ3n) is 3.75. The maximum atomic E-state index is 8.86. The minimum atomic E-state index is 0.0590. The van der Waals surface area contributed by atoms with Crippen LogP contribution in [-0.4, -0.2) is 38.2 Å². The fraction of sp³-hybridized carbons (Fsp3) is 0.278. The van der Waals surface area contributed by atoms with Gasteiger partial charge in [0.1, 0.15) is 5.82 Å². The van der Waals surface area contributed by atoms with Gasteiger partial charge in [0, 0.05) is 17.8 Å². The Balaban J connectivity index is 2.03. The van der Waals surface area contributed by atoms with Crippen molar-refractivity contribution >= 4 is 5.82 Å². The van der Waals surface area contributed by atoms with Gasteiger partial charge in [0.2, 0.25) is 0 Å². The smallest absolute Gasteiger partial charge is 0.148 e. The van der Waals surface area contributed by atoms with Crippen LogP contribution >= 0.6 is 0 Å². The Labute approximate surface area is 141 Å². The number of aliphatic hydroxyl groups excluding tert-OH is 1. The molecule has 0 fully saturated rings. The molecule has 0 amide bonds. The van der Waals surface area contributed by atoms with E-state index in [0.29, 0.717) is 12.4 Å². The molecule has 1 aromatic carbocycles. The van der Waals surface area contributed by atoms with Crippen molar-refractivity contribution in [3.63, 3.8) is 0 Å². The molecule has 2 heterocycles. The quantitative estimate of drug-likeness (QED) is 0.755. The van der Waals surface area contributed by atoms with E-state index in [-0.39, 0.29) is 6.61 Å². The Hall–Kier alpha value is -2.73. The highest BCUT2D eigenvalue weighted by Crippen LogP contribution is 2.27. The van der Waals surface area contributed by atoms with Crippen LogP contribution in [0.1, 0.15) is 17.0 Å². The van der Waals surface area contributed by atoms with E-state index in [0.717, 1.165) is 33.9 Å². The number of aryl methyl sites for hydroxylation is 3. The van der Waals surface area contributed by atoms with E-state index in [4.69, 9.17) is 5.11 Å². The van der Waals surface area contributed by atoms with Gasteiger partial charge in [-0.2, -0.15) is 5.10 Å². The summed E-state index contributed by atoms with van der Waals surface area (Å²) < 4.78 is 1.94. The van der Waals surface area contributed by atoms with Crippen LogP contribution in [0.4, 0.5) is 5.82 Å². The zero-order valence-electron chi connectivity index (χ0n) is 14.1. The van der Waals surface area contributed by atoms with Crippen LogP contribution in [0.15, 0.2) is 36.4 Å². The van der Waals surface area contributed by atoms with Crippen LogP contribution in [0, 0.1) is 20.8 Å². The Morgan fingerprint density at radius 2 is 1.88 bits per heavy atom. The molecular formula is C18H21N5O. The maximum absolute atomic E-state index is 8.86. The normalized spacial score (nSPS) is 10.8. The summed E-state index contributed by atoms with van der Waals surface area (Å²) in [5.41, 5.74) is 5.98. The van der Waals surface area contributed by atoms with Crippen LogP contribution in [0.3, 0.4) is 0 Å². The van der Waals surface area contributed by atoms with Gasteiger partial charge in [-0.3, -0.25) is 0 Å². The lowest BCUT2D eigenvalue weighted by molar-refractivity contribution is 0.311. The van der Waals surface area contributed by atoms with Gasteiger partial charge < -0.3 is 10.4 Å². The van der Waals surface area contributed by atoms with Crippen LogP contribution in [0.25, 0.3) is 16.9 Å². The van der Waals surface area contributed by atoms with Gasteiger partial charge in [-0.1, -0.05) is 12.1 Å². The van der Waals surface area contributed by atoms with Gasteiger partial charge in [-0.15, -0.1) is 10.2 Å².